The number of aryl methyl sites for hydroxylation is 1. The summed E-state index contributed by atoms with van der Waals surface area (Å²) in [5.41, 5.74) is 1.40. The summed E-state index contributed by atoms with van der Waals surface area (Å²) in [6.45, 7) is 9.19. The van der Waals surface area contributed by atoms with Crippen LogP contribution in [0.1, 0.15) is 32.8 Å². The number of guanidine groups is 1. The van der Waals surface area contributed by atoms with E-state index in [1.807, 2.05) is 0 Å². The third kappa shape index (κ3) is 7.50. The molecule has 3 heteroatoms. The van der Waals surface area contributed by atoms with E-state index in [1.54, 1.807) is 0 Å². The van der Waals surface area contributed by atoms with Gasteiger partial charge in [-0.3, -0.25) is 4.99 Å². The van der Waals surface area contributed by atoms with Crippen molar-refractivity contribution in [1.29, 1.82) is 0 Å². The highest BCUT2D eigenvalue weighted by atomic mass is 15.2. The minimum atomic E-state index is 0.597. The van der Waals surface area contributed by atoms with Crippen LogP contribution in [0.15, 0.2) is 35.3 Å². The second kappa shape index (κ2) is 9.42. The van der Waals surface area contributed by atoms with Crippen molar-refractivity contribution < 1.29 is 0 Å². The number of nitrogens with one attached hydrogen (secondary N) is 2. The zero-order valence-electron chi connectivity index (χ0n) is 12.4. The van der Waals surface area contributed by atoms with E-state index >= 15 is 0 Å². The molecule has 0 bridgehead atoms. The molecule has 0 unspecified atom stereocenters. The van der Waals surface area contributed by atoms with Gasteiger partial charge >= 0.3 is 0 Å². The quantitative estimate of drug-likeness (QED) is 0.450. The second-order valence-corrected chi connectivity index (χ2v) is 5.13. The van der Waals surface area contributed by atoms with Gasteiger partial charge in [-0.25, -0.2) is 0 Å². The molecule has 1 aromatic carbocycles. The highest BCUT2D eigenvalue weighted by molar-refractivity contribution is 5.79. The van der Waals surface area contributed by atoms with Crippen molar-refractivity contribution in [1.82, 2.24) is 10.6 Å². The van der Waals surface area contributed by atoms with Crippen molar-refractivity contribution in [2.45, 2.75) is 33.6 Å². The zero-order valence-corrected chi connectivity index (χ0v) is 12.4. The first-order chi connectivity index (χ1) is 9.22. The molecule has 19 heavy (non-hydrogen) atoms. The first-order valence-corrected chi connectivity index (χ1v) is 7.28. The third-order valence-corrected chi connectivity index (χ3v) is 2.74. The molecule has 1 rings (SSSR count). The van der Waals surface area contributed by atoms with Crippen LogP contribution in [0.4, 0.5) is 0 Å². The number of rotatable bonds is 7. The second-order valence-electron chi connectivity index (χ2n) is 5.13. The minimum absolute atomic E-state index is 0.597. The van der Waals surface area contributed by atoms with Crippen LogP contribution in [-0.4, -0.2) is 25.6 Å². The summed E-state index contributed by atoms with van der Waals surface area (Å²) in [7, 11) is 0. The van der Waals surface area contributed by atoms with Crippen LogP contribution in [0.25, 0.3) is 0 Å². The van der Waals surface area contributed by atoms with Gasteiger partial charge in [0.2, 0.25) is 0 Å². The molecular formula is C16H27N3. The molecule has 0 aliphatic carbocycles. The van der Waals surface area contributed by atoms with E-state index in [9.17, 15) is 0 Å². The van der Waals surface area contributed by atoms with E-state index in [1.165, 1.54) is 5.56 Å². The Bertz CT molecular complexity index is 358. The topological polar surface area (TPSA) is 36.4 Å². The van der Waals surface area contributed by atoms with Crippen molar-refractivity contribution in [2.24, 2.45) is 10.9 Å². The van der Waals surface area contributed by atoms with Gasteiger partial charge in [0.15, 0.2) is 5.96 Å². The molecule has 0 saturated heterocycles. The van der Waals surface area contributed by atoms with Gasteiger partial charge in [0.25, 0.3) is 0 Å². The van der Waals surface area contributed by atoms with E-state index in [4.69, 9.17) is 0 Å². The summed E-state index contributed by atoms with van der Waals surface area (Å²) in [6, 6.07) is 10.6. The van der Waals surface area contributed by atoms with E-state index < -0.39 is 0 Å². The van der Waals surface area contributed by atoms with Crippen LogP contribution >= 0.6 is 0 Å². The van der Waals surface area contributed by atoms with Gasteiger partial charge < -0.3 is 10.6 Å². The Morgan fingerprint density at radius 3 is 2.53 bits per heavy atom. The van der Waals surface area contributed by atoms with E-state index in [2.05, 4.69) is 66.7 Å². The molecule has 0 amide bonds. The fourth-order valence-corrected chi connectivity index (χ4v) is 1.76. The van der Waals surface area contributed by atoms with Gasteiger partial charge in [-0.2, -0.15) is 0 Å². The first-order valence-electron chi connectivity index (χ1n) is 7.28. The molecule has 0 radical (unpaired) electrons. The molecule has 0 atom stereocenters. The number of aliphatic imine (C=N–C) groups is 1. The predicted molar refractivity (Wildman–Crippen MR) is 83.6 cm³/mol. The van der Waals surface area contributed by atoms with Gasteiger partial charge in [-0.05, 0) is 31.2 Å². The van der Waals surface area contributed by atoms with Crippen molar-refractivity contribution in [3.63, 3.8) is 0 Å². The van der Waals surface area contributed by atoms with E-state index in [0.717, 1.165) is 38.4 Å². The number of hydrogen-bond acceptors (Lipinski definition) is 1. The van der Waals surface area contributed by atoms with Crippen LogP contribution in [0, 0.1) is 5.92 Å². The number of nitrogens with zero attached hydrogens (tertiary/aromatic N) is 1. The van der Waals surface area contributed by atoms with Crippen molar-refractivity contribution in [2.75, 3.05) is 19.6 Å². The molecular weight excluding hydrogens is 234 g/mol. The lowest BCUT2D eigenvalue weighted by Gasteiger charge is -2.12. The van der Waals surface area contributed by atoms with Gasteiger partial charge in [0.05, 0.1) is 0 Å². The van der Waals surface area contributed by atoms with Gasteiger partial charge in [-0.15, -0.1) is 0 Å². The van der Waals surface area contributed by atoms with E-state index in [0.29, 0.717) is 5.92 Å². The van der Waals surface area contributed by atoms with Crippen LogP contribution in [-0.2, 0) is 6.42 Å². The number of hydrogen-bond donors (Lipinski definition) is 2. The van der Waals surface area contributed by atoms with Crippen molar-refractivity contribution >= 4 is 5.96 Å². The molecule has 106 valence electrons. The summed E-state index contributed by atoms with van der Waals surface area (Å²) < 4.78 is 0. The highest BCUT2D eigenvalue weighted by Gasteiger charge is 1.98. The molecule has 1 aromatic rings. The molecule has 0 aliphatic rings. The smallest absolute Gasteiger partial charge is 0.191 e. The maximum absolute atomic E-state index is 4.55. The molecule has 0 aromatic heterocycles. The largest absolute Gasteiger partial charge is 0.357 e. The lowest BCUT2D eigenvalue weighted by molar-refractivity contribution is 0.654. The molecule has 0 heterocycles. The maximum Gasteiger partial charge on any atom is 0.191 e. The molecule has 3 nitrogen and oxygen atoms in total. The standard InChI is InChI=1S/C16H27N3/c1-4-17-16(19-13-14(2)3)18-12-8-11-15-9-6-5-7-10-15/h5-7,9-10,14H,4,8,11-13H2,1-3H3,(H2,17,18,19). The number of benzene rings is 1. The van der Waals surface area contributed by atoms with Crippen molar-refractivity contribution in [3.05, 3.63) is 35.9 Å². The average molecular weight is 261 g/mol. The van der Waals surface area contributed by atoms with Gasteiger partial charge in [0, 0.05) is 19.6 Å². The maximum atomic E-state index is 4.55. The molecule has 0 saturated carbocycles. The third-order valence-electron chi connectivity index (χ3n) is 2.74. The van der Waals surface area contributed by atoms with Crippen LogP contribution < -0.4 is 10.6 Å². The van der Waals surface area contributed by atoms with E-state index in [-0.39, 0.29) is 0 Å². The highest BCUT2D eigenvalue weighted by Crippen LogP contribution is 2.01. The Kier molecular flexibility index (Phi) is 7.71. The van der Waals surface area contributed by atoms with Gasteiger partial charge in [-0.1, -0.05) is 44.2 Å². The Morgan fingerprint density at radius 1 is 1.16 bits per heavy atom. The Morgan fingerprint density at radius 2 is 1.89 bits per heavy atom. The van der Waals surface area contributed by atoms with Crippen molar-refractivity contribution in [3.8, 4) is 0 Å². The van der Waals surface area contributed by atoms with Crippen LogP contribution in [0.5, 0.6) is 0 Å². The zero-order chi connectivity index (χ0) is 13.9. The fourth-order valence-electron chi connectivity index (χ4n) is 1.76. The summed E-state index contributed by atoms with van der Waals surface area (Å²) in [4.78, 5) is 4.55. The lowest BCUT2D eigenvalue weighted by atomic mass is 10.1. The summed E-state index contributed by atoms with van der Waals surface area (Å²) in [6.07, 6.45) is 2.23. The SMILES string of the molecule is CCNC(=NCC(C)C)NCCCc1ccccc1. The average Bonchev–Trinajstić information content (AvgIpc) is 2.41. The fraction of sp³-hybridized carbons (Fsp3) is 0.562. The summed E-state index contributed by atoms with van der Waals surface area (Å²) in [5.74, 6) is 1.53. The van der Waals surface area contributed by atoms with Gasteiger partial charge in [0.1, 0.15) is 0 Å². The predicted octanol–water partition coefficient (Wildman–Crippen LogP) is 2.83. The molecule has 0 spiro atoms. The Hall–Kier alpha value is -1.51. The van der Waals surface area contributed by atoms with Crippen LogP contribution in [0.2, 0.25) is 0 Å². The minimum Gasteiger partial charge on any atom is -0.357 e. The molecule has 0 aliphatic heterocycles. The first kappa shape index (κ1) is 15.5. The van der Waals surface area contributed by atoms with Crippen LogP contribution in [0.3, 0.4) is 0 Å². The Labute approximate surface area is 117 Å². The molecule has 0 fully saturated rings. The lowest BCUT2D eigenvalue weighted by Crippen LogP contribution is -2.38. The normalized spacial score (nSPS) is 11.7. The summed E-state index contributed by atoms with van der Waals surface area (Å²) >= 11 is 0. The monoisotopic (exact) mass is 261 g/mol. The summed E-state index contributed by atoms with van der Waals surface area (Å²) in [5, 5.41) is 6.66. The molecule has 2 N–H and O–H groups in total. The Balaban J connectivity index is 2.26.